The summed E-state index contributed by atoms with van der Waals surface area (Å²) >= 11 is 0. The average molecular weight is 302 g/mol. The number of aryl methyl sites for hydroxylation is 2. The molecule has 3 rings (SSSR count). The third-order valence-electron chi connectivity index (χ3n) is 3.81. The number of rotatable bonds is 4. The summed E-state index contributed by atoms with van der Waals surface area (Å²) in [5, 5.41) is 10.8. The Labute approximate surface area is 127 Å². The highest BCUT2D eigenvalue weighted by molar-refractivity contribution is 5.74. The van der Waals surface area contributed by atoms with E-state index in [1.165, 1.54) is 0 Å². The monoisotopic (exact) mass is 302 g/mol. The van der Waals surface area contributed by atoms with Crippen LogP contribution in [0.2, 0.25) is 0 Å². The Morgan fingerprint density at radius 3 is 2.82 bits per heavy atom. The molecule has 1 fully saturated rings. The zero-order valence-corrected chi connectivity index (χ0v) is 12.8. The van der Waals surface area contributed by atoms with Crippen molar-refractivity contribution in [1.82, 2.24) is 25.2 Å². The Kier molecular flexibility index (Phi) is 3.74. The number of hydrogen-bond donors (Lipinski definition) is 1. The van der Waals surface area contributed by atoms with Crippen LogP contribution in [-0.2, 0) is 11.3 Å². The summed E-state index contributed by atoms with van der Waals surface area (Å²) in [5.74, 6) is 1.46. The number of carbonyl (C=O) groups is 1. The summed E-state index contributed by atoms with van der Waals surface area (Å²) in [6.07, 6.45) is 0.932. The number of aromatic nitrogens is 4. The maximum atomic E-state index is 11.5. The standard InChI is InChI=1S/C14H18N6O2/c1-8-12(19-22-18-8)7-15-14-6-11(16-9(2)17-14)13-4-5-20(13)10(3)21/h6,13H,4-5,7H2,1-3H3,(H,15,16,17)/t13-/m1/s1. The van der Waals surface area contributed by atoms with Gasteiger partial charge in [-0.05, 0) is 20.3 Å². The molecule has 8 heteroatoms. The van der Waals surface area contributed by atoms with Gasteiger partial charge in [-0.2, -0.15) is 0 Å². The van der Waals surface area contributed by atoms with Crippen molar-refractivity contribution in [2.24, 2.45) is 0 Å². The number of amides is 1. The predicted molar refractivity (Wildman–Crippen MR) is 77.9 cm³/mol. The Hall–Kier alpha value is -2.51. The van der Waals surface area contributed by atoms with Gasteiger partial charge in [0.1, 0.15) is 23.0 Å². The van der Waals surface area contributed by atoms with Gasteiger partial charge >= 0.3 is 0 Å². The van der Waals surface area contributed by atoms with Crippen molar-refractivity contribution in [2.75, 3.05) is 11.9 Å². The number of nitrogens with one attached hydrogen (secondary N) is 1. The topological polar surface area (TPSA) is 97.0 Å². The van der Waals surface area contributed by atoms with E-state index in [0.29, 0.717) is 18.2 Å². The third-order valence-corrected chi connectivity index (χ3v) is 3.81. The molecule has 0 saturated carbocycles. The van der Waals surface area contributed by atoms with Gasteiger partial charge in [0.25, 0.3) is 0 Å². The second-order valence-electron chi connectivity index (χ2n) is 5.39. The zero-order chi connectivity index (χ0) is 15.7. The summed E-state index contributed by atoms with van der Waals surface area (Å²) in [5.41, 5.74) is 2.36. The molecular weight excluding hydrogens is 284 g/mol. The van der Waals surface area contributed by atoms with Crippen molar-refractivity contribution in [3.05, 3.63) is 29.0 Å². The van der Waals surface area contributed by atoms with Gasteiger partial charge in [-0.25, -0.2) is 14.6 Å². The van der Waals surface area contributed by atoms with Crippen molar-refractivity contribution in [1.29, 1.82) is 0 Å². The molecule has 1 saturated heterocycles. The summed E-state index contributed by atoms with van der Waals surface area (Å²) in [4.78, 5) is 22.2. The van der Waals surface area contributed by atoms with Crippen molar-refractivity contribution in [2.45, 2.75) is 39.8 Å². The second kappa shape index (κ2) is 5.70. The minimum absolute atomic E-state index is 0.0511. The molecule has 1 amide bonds. The maximum absolute atomic E-state index is 11.5. The normalized spacial score (nSPS) is 17.2. The van der Waals surface area contributed by atoms with Gasteiger partial charge in [-0.15, -0.1) is 0 Å². The highest BCUT2D eigenvalue weighted by Gasteiger charge is 2.32. The molecule has 1 atom stereocenters. The van der Waals surface area contributed by atoms with Crippen molar-refractivity contribution < 1.29 is 9.42 Å². The predicted octanol–water partition coefficient (Wildman–Crippen LogP) is 1.38. The van der Waals surface area contributed by atoms with E-state index in [1.807, 2.05) is 24.8 Å². The van der Waals surface area contributed by atoms with Crippen LogP contribution < -0.4 is 5.32 Å². The second-order valence-corrected chi connectivity index (χ2v) is 5.39. The first kappa shape index (κ1) is 14.4. The van der Waals surface area contributed by atoms with Crippen LogP contribution in [0, 0.1) is 13.8 Å². The molecule has 1 aliphatic rings. The third kappa shape index (κ3) is 2.76. The highest BCUT2D eigenvalue weighted by Crippen LogP contribution is 2.32. The lowest BCUT2D eigenvalue weighted by Crippen LogP contribution is -2.44. The molecule has 116 valence electrons. The van der Waals surface area contributed by atoms with E-state index in [1.54, 1.807) is 6.92 Å². The van der Waals surface area contributed by atoms with E-state index >= 15 is 0 Å². The van der Waals surface area contributed by atoms with Crippen LogP contribution in [0.5, 0.6) is 0 Å². The smallest absolute Gasteiger partial charge is 0.220 e. The lowest BCUT2D eigenvalue weighted by molar-refractivity contribution is -0.136. The fourth-order valence-electron chi connectivity index (χ4n) is 2.51. The van der Waals surface area contributed by atoms with Gasteiger partial charge in [0.2, 0.25) is 5.91 Å². The molecule has 22 heavy (non-hydrogen) atoms. The van der Waals surface area contributed by atoms with Crippen LogP contribution in [-0.4, -0.2) is 37.6 Å². The molecule has 2 aromatic heterocycles. The van der Waals surface area contributed by atoms with Crippen LogP contribution in [0.15, 0.2) is 10.7 Å². The number of hydrogen-bond acceptors (Lipinski definition) is 7. The Morgan fingerprint density at radius 2 is 2.23 bits per heavy atom. The average Bonchev–Trinajstić information content (AvgIpc) is 2.79. The van der Waals surface area contributed by atoms with E-state index in [0.717, 1.165) is 30.0 Å². The first-order valence-corrected chi connectivity index (χ1v) is 7.19. The van der Waals surface area contributed by atoms with Crippen molar-refractivity contribution in [3.63, 3.8) is 0 Å². The van der Waals surface area contributed by atoms with Crippen LogP contribution in [0.25, 0.3) is 0 Å². The number of likely N-dealkylation sites (tertiary alicyclic amines) is 1. The van der Waals surface area contributed by atoms with Crippen LogP contribution in [0.1, 0.15) is 42.3 Å². The summed E-state index contributed by atoms with van der Waals surface area (Å²) < 4.78 is 4.67. The lowest BCUT2D eigenvalue weighted by atomic mass is 9.99. The first-order valence-electron chi connectivity index (χ1n) is 7.19. The van der Waals surface area contributed by atoms with Crippen LogP contribution in [0.4, 0.5) is 5.82 Å². The van der Waals surface area contributed by atoms with E-state index in [-0.39, 0.29) is 11.9 Å². The Balaban J connectivity index is 1.75. The molecule has 0 spiro atoms. The minimum atomic E-state index is 0.0511. The van der Waals surface area contributed by atoms with Gasteiger partial charge in [0.05, 0.1) is 18.3 Å². The summed E-state index contributed by atoms with van der Waals surface area (Å²) in [6, 6.07) is 1.94. The van der Waals surface area contributed by atoms with Crippen LogP contribution >= 0.6 is 0 Å². The molecule has 0 unspecified atom stereocenters. The molecule has 1 aliphatic heterocycles. The molecule has 0 aliphatic carbocycles. The zero-order valence-electron chi connectivity index (χ0n) is 12.8. The van der Waals surface area contributed by atoms with Gasteiger partial charge in [-0.3, -0.25) is 4.79 Å². The van der Waals surface area contributed by atoms with Gasteiger partial charge < -0.3 is 10.2 Å². The molecule has 3 heterocycles. The van der Waals surface area contributed by atoms with E-state index in [4.69, 9.17) is 0 Å². The fourth-order valence-corrected chi connectivity index (χ4v) is 2.51. The molecule has 0 aromatic carbocycles. The number of carbonyl (C=O) groups excluding carboxylic acids is 1. The fraction of sp³-hybridized carbons (Fsp3) is 0.500. The number of anilines is 1. The Bertz CT molecular complexity index is 698. The van der Waals surface area contributed by atoms with Gasteiger partial charge in [0.15, 0.2) is 0 Å². The lowest BCUT2D eigenvalue weighted by Gasteiger charge is -2.40. The van der Waals surface area contributed by atoms with Crippen molar-refractivity contribution in [3.8, 4) is 0 Å². The van der Waals surface area contributed by atoms with Gasteiger partial charge in [0, 0.05) is 19.5 Å². The largest absolute Gasteiger partial charge is 0.364 e. The molecular formula is C14H18N6O2. The quantitative estimate of drug-likeness (QED) is 0.911. The van der Waals surface area contributed by atoms with Gasteiger partial charge in [-0.1, -0.05) is 10.3 Å². The van der Waals surface area contributed by atoms with E-state index in [9.17, 15) is 4.79 Å². The summed E-state index contributed by atoms with van der Waals surface area (Å²) in [7, 11) is 0. The molecule has 0 radical (unpaired) electrons. The first-order chi connectivity index (χ1) is 10.5. The van der Waals surface area contributed by atoms with E-state index in [2.05, 4.69) is 30.2 Å². The molecule has 1 N–H and O–H groups in total. The van der Waals surface area contributed by atoms with Crippen LogP contribution in [0.3, 0.4) is 0 Å². The Morgan fingerprint density at radius 1 is 1.41 bits per heavy atom. The number of nitrogens with zero attached hydrogens (tertiary/aromatic N) is 5. The highest BCUT2D eigenvalue weighted by atomic mass is 16.6. The van der Waals surface area contributed by atoms with Crippen molar-refractivity contribution >= 4 is 11.7 Å². The maximum Gasteiger partial charge on any atom is 0.220 e. The molecule has 2 aromatic rings. The van der Waals surface area contributed by atoms with E-state index < -0.39 is 0 Å². The SMILES string of the molecule is CC(=O)N1CC[C@@H]1c1cc(NCc2nonc2C)nc(C)n1. The molecule has 0 bridgehead atoms. The molecule has 8 nitrogen and oxygen atoms in total. The summed E-state index contributed by atoms with van der Waals surface area (Å²) in [6.45, 7) is 6.53. The minimum Gasteiger partial charge on any atom is -0.364 e.